The van der Waals surface area contributed by atoms with Crippen LogP contribution >= 0.6 is 23.2 Å². The minimum atomic E-state index is -4.76. The summed E-state index contributed by atoms with van der Waals surface area (Å²) < 4.78 is 57.6. The summed E-state index contributed by atoms with van der Waals surface area (Å²) in [6.07, 6.45) is -4.76. The first-order chi connectivity index (χ1) is 17.1. The highest BCUT2D eigenvalue weighted by Crippen LogP contribution is 2.39. The fourth-order valence-electron chi connectivity index (χ4n) is 4.45. The Hall–Kier alpha value is -3.55. The Morgan fingerprint density at radius 1 is 1.00 bits per heavy atom. The summed E-state index contributed by atoms with van der Waals surface area (Å²) in [6.45, 7) is -0.449. The second kappa shape index (κ2) is 8.84. The van der Waals surface area contributed by atoms with E-state index in [0.29, 0.717) is 43.0 Å². The van der Waals surface area contributed by atoms with E-state index in [9.17, 15) is 22.4 Å². The molecule has 0 saturated heterocycles. The molecule has 0 atom stereocenters. The molecule has 181 valence electrons. The number of rotatable bonds is 4. The fraction of sp³-hybridized carbons (Fsp3) is 0.0741. The highest BCUT2D eigenvalue weighted by Gasteiger charge is 2.35. The van der Waals surface area contributed by atoms with Gasteiger partial charge in [-0.25, -0.2) is 4.39 Å². The highest BCUT2D eigenvalue weighted by molar-refractivity contribution is 6.36. The minimum Gasteiger partial charge on any atom is -0.366 e. The van der Waals surface area contributed by atoms with Crippen molar-refractivity contribution < 1.29 is 22.4 Å². The van der Waals surface area contributed by atoms with E-state index in [1.165, 1.54) is 10.6 Å². The van der Waals surface area contributed by atoms with Crippen molar-refractivity contribution in [3.8, 4) is 11.1 Å². The van der Waals surface area contributed by atoms with Gasteiger partial charge in [0.1, 0.15) is 5.82 Å². The molecule has 2 N–H and O–H groups in total. The molecule has 0 spiro atoms. The van der Waals surface area contributed by atoms with Gasteiger partial charge >= 0.3 is 6.18 Å². The zero-order valence-corrected chi connectivity index (χ0v) is 19.8. The Morgan fingerprint density at radius 3 is 2.44 bits per heavy atom. The number of alkyl halides is 3. The Balaban J connectivity index is 1.83. The average Bonchev–Trinajstić information content (AvgIpc) is 3.12. The van der Waals surface area contributed by atoms with E-state index in [1.54, 1.807) is 42.5 Å². The van der Waals surface area contributed by atoms with Gasteiger partial charge in [-0.1, -0.05) is 41.4 Å². The number of hydrogen-bond acceptors (Lipinski definition) is 1. The molecule has 1 aromatic heterocycles. The normalized spacial score (nSPS) is 11.9. The van der Waals surface area contributed by atoms with Crippen LogP contribution < -0.4 is 5.73 Å². The van der Waals surface area contributed by atoms with Gasteiger partial charge in [0.15, 0.2) is 0 Å². The lowest BCUT2D eigenvalue weighted by Crippen LogP contribution is -2.14. The van der Waals surface area contributed by atoms with Crippen LogP contribution in [0, 0.1) is 11.9 Å². The predicted octanol–water partition coefficient (Wildman–Crippen LogP) is 7.87. The van der Waals surface area contributed by atoms with Crippen LogP contribution in [0.5, 0.6) is 0 Å². The maximum atomic E-state index is 14.8. The quantitative estimate of drug-likeness (QED) is 0.236. The molecule has 5 aromatic rings. The van der Waals surface area contributed by atoms with E-state index in [-0.39, 0.29) is 5.56 Å². The largest absolute Gasteiger partial charge is 0.416 e. The van der Waals surface area contributed by atoms with Crippen LogP contribution in [0.3, 0.4) is 0 Å². The predicted molar refractivity (Wildman–Crippen MR) is 133 cm³/mol. The molecule has 0 saturated carbocycles. The zero-order chi connectivity index (χ0) is 25.8. The molecule has 1 radical (unpaired) electrons. The zero-order valence-electron chi connectivity index (χ0n) is 18.3. The molecule has 3 nitrogen and oxygen atoms in total. The molecule has 0 aliphatic carbocycles. The molecule has 0 aliphatic heterocycles. The van der Waals surface area contributed by atoms with Gasteiger partial charge in [-0.15, -0.1) is 0 Å². The maximum Gasteiger partial charge on any atom is 0.416 e. The van der Waals surface area contributed by atoms with Crippen molar-refractivity contribution in [2.45, 2.75) is 12.7 Å². The first-order valence-corrected chi connectivity index (χ1v) is 11.4. The molecule has 0 unspecified atom stereocenters. The van der Waals surface area contributed by atoms with Gasteiger partial charge in [-0.05, 0) is 60.2 Å². The molecular weight excluding hydrogens is 515 g/mol. The molecule has 9 heteroatoms. The van der Waals surface area contributed by atoms with E-state index in [2.05, 4.69) is 6.07 Å². The third-order valence-electron chi connectivity index (χ3n) is 6.04. The Labute approximate surface area is 212 Å². The Kier molecular flexibility index (Phi) is 5.93. The number of hydrogen-bond donors (Lipinski definition) is 1. The van der Waals surface area contributed by atoms with Crippen molar-refractivity contribution in [3.05, 3.63) is 105 Å². The second-order valence-electron chi connectivity index (χ2n) is 8.19. The molecule has 0 aliphatic rings. The highest BCUT2D eigenvalue weighted by atomic mass is 35.5. The van der Waals surface area contributed by atoms with Crippen molar-refractivity contribution in [1.82, 2.24) is 4.57 Å². The van der Waals surface area contributed by atoms with E-state index >= 15 is 0 Å². The van der Waals surface area contributed by atoms with Crippen LogP contribution in [0.4, 0.5) is 17.6 Å². The van der Waals surface area contributed by atoms with Gasteiger partial charge in [0.05, 0.1) is 23.1 Å². The maximum absolute atomic E-state index is 14.8. The molecule has 36 heavy (non-hydrogen) atoms. The lowest BCUT2D eigenvalue weighted by molar-refractivity contribution is -0.138. The SMILES string of the molecule is NC(=O)c1cccc2c1c1[c]cc(-c3ccc(Cl)cc3Cl)cc1n2Cc1c(F)cccc1C(F)(F)F. The van der Waals surface area contributed by atoms with E-state index in [0.717, 1.165) is 18.2 Å². The minimum absolute atomic E-state index is 0.175. The Bertz CT molecular complexity index is 1670. The lowest BCUT2D eigenvalue weighted by atomic mass is 10.0. The van der Waals surface area contributed by atoms with E-state index < -0.39 is 35.6 Å². The summed E-state index contributed by atoms with van der Waals surface area (Å²) in [5, 5.41) is 1.68. The fourth-order valence-corrected chi connectivity index (χ4v) is 4.97. The third kappa shape index (κ3) is 4.08. The van der Waals surface area contributed by atoms with Gasteiger partial charge in [-0.3, -0.25) is 4.79 Å². The summed E-state index contributed by atoms with van der Waals surface area (Å²) in [4.78, 5) is 12.2. The number of primary amides is 1. The number of nitrogens with two attached hydrogens (primary N) is 1. The lowest BCUT2D eigenvalue weighted by Gasteiger charge is -2.16. The first-order valence-electron chi connectivity index (χ1n) is 10.6. The standard InChI is InChI=1S/C27H15Cl2F4N2O/c28-15-8-10-16(21(29)12-15)14-7-9-17-24(11-14)35(23-6-1-3-18(25(17)23)26(34)36)13-19-20(27(31,32)33)4-2-5-22(19)30/h1-8,10-12H,13H2,(H2,34,36). The average molecular weight is 530 g/mol. The third-order valence-corrected chi connectivity index (χ3v) is 6.59. The van der Waals surface area contributed by atoms with Crippen molar-refractivity contribution in [2.24, 2.45) is 5.73 Å². The summed E-state index contributed by atoms with van der Waals surface area (Å²) >= 11 is 12.4. The monoisotopic (exact) mass is 529 g/mol. The molecule has 1 amide bonds. The topological polar surface area (TPSA) is 48.0 Å². The van der Waals surface area contributed by atoms with E-state index in [1.807, 2.05) is 0 Å². The molecule has 0 fully saturated rings. The first kappa shape index (κ1) is 24.2. The summed E-state index contributed by atoms with van der Waals surface area (Å²) in [5.74, 6) is -1.70. The molecular formula is C27H15Cl2F4N2O. The van der Waals surface area contributed by atoms with Crippen molar-refractivity contribution >= 4 is 50.9 Å². The van der Waals surface area contributed by atoms with Crippen LogP contribution in [-0.4, -0.2) is 10.5 Å². The number of aromatic nitrogens is 1. The molecule has 0 bridgehead atoms. The molecule has 1 heterocycles. The summed E-state index contributed by atoms with van der Waals surface area (Å²) in [6, 6.07) is 19.0. The van der Waals surface area contributed by atoms with Gasteiger partial charge in [0, 0.05) is 37.5 Å². The van der Waals surface area contributed by atoms with E-state index in [4.69, 9.17) is 28.9 Å². The number of amides is 1. The van der Waals surface area contributed by atoms with Crippen LogP contribution in [0.15, 0.2) is 66.7 Å². The van der Waals surface area contributed by atoms with Crippen molar-refractivity contribution in [2.75, 3.05) is 0 Å². The summed E-state index contributed by atoms with van der Waals surface area (Å²) in [7, 11) is 0. The molecule has 5 rings (SSSR count). The smallest absolute Gasteiger partial charge is 0.366 e. The number of carbonyl (C=O) groups excluding carboxylic acids is 1. The van der Waals surface area contributed by atoms with Gasteiger partial charge in [0.25, 0.3) is 0 Å². The molecule has 4 aromatic carbocycles. The number of carbonyl (C=O) groups is 1. The Morgan fingerprint density at radius 2 is 1.75 bits per heavy atom. The van der Waals surface area contributed by atoms with Crippen LogP contribution in [0.1, 0.15) is 21.5 Å². The van der Waals surface area contributed by atoms with Crippen molar-refractivity contribution in [1.29, 1.82) is 0 Å². The van der Waals surface area contributed by atoms with Gasteiger partial charge in [0.2, 0.25) is 5.91 Å². The van der Waals surface area contributed by atoms with Gasteiger partial charge < -0.3 is 10.3 Å². The van der Waals surface area contributed by atoms with Crippen molar-refractivity contribution in [3.63, 3.8) is 0 Å². The van der Waals surface area contributed by atoms with Crippen LogP contribution in [0.2, 0.25) is 10.0 Å². The number of nitrogens with zero attached hydrogens (tertiary/aromatic N) is 1. The van der Waals surface area contributed by atoms with Crippen LogP contribution in [-0.2, 0) is 12.7 Å². The number of fused-ring (bicyclic) bond motifs is 3. The summed E-state index contributed by atoms with van der Waals surface area (Å²) in [5.41, 5.74) is 6.23. The van der Waals surface area contributed by atoms with Crippen LogP contribution in [0.25, 0.3) is 32.9 Å². The van der Waals surface area contributed by atoms with Gasteiger partial charge in [-0.2, -0.15) is 13.2 Å². The second-order valence-corrected chi connectivity index (χ2v) is 9.03. The number of halogens is 6. The number of benzene rings is 4.